The zero-order valence-electron chi connectivity index (χ0n) is 11.8. The third kappa shape index (κ3) is 2.82. The zero-order valence-corrected chi connectivity index (χ0v) is 12.6. The van der Waals surface area contributed by atoms with Crippen molar-refractivity contribution in [3.05, 3.63) is 29.6 Å². The Labute approximate surface area is 124 Å². The monoisotopic (exact) mass is 293 g/mol. The molecule has 20 heavy (non-hydrogen) atoms. The van der Waals surface area contributed by atoms with Crippen molar-refractivity contribution in [3.8, 4) is 0 Å². The van der Waals surface area contributed by atoms with E-state index in [1.807, 2.05) is 0 Å². The van der Waals surface area contributed by atoms with Crippen molar-refractivity contribution in [3.63, 3.8) is 0 Å². The van der Waals surface area contributed by atoms with E-state index < -0.39 is 0 Å². The second-order valence-electron chi connectivity index (χ2n) is 5.26. The van der Waals surface area contributed by atoms with E-state index >= 15 is 0 Å². The Bertz CT molecular complexity index is 590. The molecule has 1 fully saturated rings. The summed E-state index contributed by atoms with van der Waals surface area (Å²) in [5.74, 6) is 1.41. The zero-order chi connectivity index (χ0) is 13.9. The Morgan fingerprint density at radius 3 is 2.80 bits per heavy atom. The number of aryl methyl sites for hydroxylation is 1. The van der Waals surface area contributed by atoms with Gasteiger partial charge in [-0.1, -0.05) is 6.07 Å². The fourth-order valence-electron chi connectivity index (χ4n) is 2.71. The van der Waals surface area contributed by atoms with Gasteiger partial charge in [-0.05, 0) is 24.6 Å². The number of benzene rings is 1. The molecule has 3 rings (SSSR count). The van der Waals surface area contributed by atoms with Gasteiger partial charge in [0.1, 0.15) is 5.82 Å². The highest BCUT2D eigenvalue weighted by Gasteiger charge is 2.13. The van der Waals surface area contributed by atoms with Crippen LogP contribution >= 0.6 is 11.6 Å². The predicted molar refractivity (Wildman–Crippen MR) is 81.3 cm³/mol. The van der Waals surface area contributed by atoms with Gasteiger partial charge in [-0.2, -0.15) is 0 Å². The third-order valence-corrected chi connectivity index (χ3v) is 4.08. The number of morpholine rings is 1. The summed E-state index contributed by atoms with van der Waals surface area (Å²) < 4.78 is 7.63. The molecule has 0 saturated carbocycles. The van der Waals surface area contributed by atoms with Gasteiger partial charge in [-0.15, -0.1) is 11.6 Å². The summed E-state index contributed by atoms with van der Waals surface area (Å²) in [6, 6.07) is 6.40. The maximum absolute atomic E-state index is 6.05. The first-order valence-electron chi connectivity index (χ1n) is 7.10. The summed E-state index contributed by atoms with van der Waals surface area (Å²) in [5.41, 5.74) is 3.46. The van der Waals surface area contributed by atoms with Crippen molar-refractivity contribution >= 4 is 22.6 Å². The lowest BCUT2D eigenvalue weighted by molar-refractivity contribution is 0.0364. The van der Waals surface area contributed by atoms with Crippen LogP contribution in [0, 0.1) is 6.92 Å². The number of fused-ring (bicyclic) bond motifs is 1. The van der Waals surface area contributed by atoms with Crippen molar-refractivity contribution < 1.29 is 4.74 Å². The van der Waals surface area contributed by atoms with Crippen LogP contribution in [0.2, 0.25) is 0 Å². The van der Waals surface area contributed by atoms with E-state index in [1.54, 1.807) is 0 Å². The highest BCUT2D eigenvalue weighted by Crippen LogP contribution is 2.19. The number of rotatable bonds is 4. The van der Waals surface area contributed by atoms with Gasteiger partial charge in [0.2, 0.25) is 0 Å². The molecule has 0 amide bonds. The molecule has 0 radical (unpaired) electrons. The average molecular weight is 294 g/mol. The minimum atomic E-state index is 0.455. The Hall–Kier alpha value is -1.10. The van der Waals surface area contributed by atoms with Crippen LogP contribution in [0.25, 0.3) is 11.0 Å². The summed E-state index contributed by atoms with van der Waals surface area (Å²) >= 11 is 6.05. The number of alkyl halides is 1. The van der Waals surface area contributed by atoms with E-state index in [-0.39, 0.29) is 0 Å². The molecule has 0 atom stereocenters. The number of ether oxygens (including phenoxy) is 1. The summed E-state index contributed by atoms with van der Waals surface area (Å²) in [6.45, 7) is 7.75. The molecule has 1 aliphatic heterocycles. The molecule has 0 N–H and O–H groups in total. The molecule has 1 aromatic heterocycles. The van der Waals surface area contributed by atoms with Gasteiger partial charge in [0.05, 0.1) is 30.1 Å². The first-order chi connectivity index (χ1) is 9.78. The quantitative estimate of drug-likeness (QED) is 0.811. The van der Waals surface area contributed by atoms with Crippen LogP contribution in [0.15, 0.2) is 18.2 Å². The Morgan fingerprint density at radius 1 is 1.25 bits per heavy atom. The smallest absolute Gasteiger partial charge is 0.124 e. The minimum absolute atomic E-state index is 0.455. The summed E-state index contributed by atoms with van der Waals surface area (Å²) in [6.07, 6.45) is 0. The first-order valence-corrected chi connectivity index (χ1v) is 7.63. The number of nitrogens with zero attached hydrogens (tertiary/aromatic N) is 3. The molecule has 0 aliphatic carbocycles. The lowest BCUT2D eigenvalue weighted by Crippen LogP contribution is -2.38. The Balaban J connectivity index is 1.81. The van der Waals surface area contributed by atoms with Gasteiger partial charge in [0.15, 0.2) is 0 Å². The molecule has 0 bridgehead atoms. The van der Waals surface area contributed by atoms with Gasteiger partial charge < -0.3 is 9.30 Å². The van der Waals surface area contributed by atoms with E-state index in [0.717, 1.165) is 50.7 Å². The SMILES string of the molecule is Cc1ccc2c(c1)nc(CCl)n2CCN1CCOCC1. The standard InChI is InChI=1S/C15H20ClN3O/c1-12-2-3-14-13(10-12)17-15(11-16)19(14)5-4-18-6-8-20-9-7-18/h2-3,10H,4-9,11H2,1H3. The highest BCUT2D eigenvalue weighted by molar-refractivity contribution is 6.16. The van der Waals surface area contributed by atoms with Crippen LogP contribution < -0.4 is 0 Å². The molecule has 0 unspecified atom stereocenters. The first kappa shape index (κ1) is 13.9. The molecule has 0 spiro atoms. The van der Waals surface area contributed by atoms with Crippen LogP contribution in [0.4, 0.5) is 0 Å². The molecule has 108 valence electrons. The van der Waals surface area contributed by atoms with E-state index in [9.17, 15) is 0 Å². The molecule has 5 heteroatoms. The van der Waals surface area contributed by atoms with Gasteiger partial charge >= 0.3 is 0 Å². The van der Waals surface area contributed by atoms with Crippen molar-refractivity contribution in [2.45, 2.75) is 19.3 Å². The van der Waals surface area contributed by atoms with Crippen molar-refractivity contribution in [1.29, 1.82) is 0 Å². The molecule has 1 aromatic carbocycles. The number of hydrogen-bond donors (Lipinski definition) is 0. The molecule has 2 heterocycles. The Kier molecular flexibility index (Phi) is 4.24. The van der Waals surface area contributed by atoms with E-state index in [0.29, 0.717) is 5.88 Å². The molecule has 1 saturated heterocycles. The maximum Gasteiger partial charge on any atom is 0.124 e. The molecular weight excluding hydrogens is 274 g/mol. The minimum Gasteiger partial charge on any atom is -0.379 e. The van der Waals surface area contributed by atoms with E-state index in [4.69, 9.17) is 16.3 Å². The van der Waals surface area contributed by atoms with Gasteiger partial charge in [-0.25, -0.2) is 4.98 Å². The molecular formula is C15H20ClN3O. The summed E-state index contributed by atoms with van der Waals surface area (Å²) in [4.78, 5) is 7.08. The molecule has 2 aromatic rings. The second-order valence-corrected chi connectivity index (χ2v) is 5.53. The second kappa shape index (κ2) is 6.12. The van der Waals surface area contributed by atoms with Gasteiger partial charge in [0, 0.05) is 26.2 Å². The predicted octanol–water partition coefficient (Wildman–Crippen LogP) is 2.42. The number of imidazole rings is 1. The van der Waals surface area contributed by atoms with Crippen LogP contribution in [0.1, 0.15) is 11.4 Å². The fourth-order valence-corrected chi connectivity index (χ4v) is 2.91. The van der Waals surface area contributed by atoms with Crippen LogP contribution in [-0.2, 0) is 17.2 Å². The topological polar surface area (TPSA) is 30.3 Å². The highest BCUT2D eigenvalue weighted by atomic mass is 35.5. The molecule has 4 nitrogen and oxygen atoms in total. The molecule has 1 aliphatic rings. The van der Waals surface area contributed by atoms with Gasteiger partial charge in [-0.3, -0.25) is 4.90 Å². The number of halogens is 1. The van der Waals surface area contributed by atoms with Gasteiger partial charge in [0.25, 0.3) is 0 Å². The number of hydrogen-bond acceptors (Lipinski definition) is 3. The van der Waals surface area contributed by atoms with Crippen molar-refractivity contribution in [2.75, 3.05) is 32.8 Å². The lowest BCUT2D eigenvalue weighted by atomic mass is 10.2. The largest absolute Gasteiger partial charge is 0.379 e. The average Bonchev–Trinajstić information content (AvgIpc) is 2.83. The number of aromatic nitrogens is 2. The summed E-state index contributed by atoms with van der Waals surface area (Å²) in [7, 11) is 0. The normalized spacial score (nSPS) is 16.9. The van der Waals surface area contributed by atoms with Crippen LogP contribution in [0.5, 0.6) is 0 Å². The van der Waals surface area contributed by atoms with Crippen molar-refractivity contribution in [2.24, 2.45) is 0 Å². The van der Waals surface area contributed by atoms with Crippen LogP contribution in [0.3, 0.4) is 0 Å². The Morgan fingerprint density at radius 2 is 2.05 bits per heavy atom. The lowest BCUT2D eigenvalue weighted by Gasteiger charge is -2.26. The van der Waals surface area contributed by atoms with E-state index in [1.165, 1.54) is 11.1 Å². The third-order valence-electron chi connectivity index (χ3n) is 3.85. The van der Waals surface area contributed by atoms with Crippen LogP contribution in [-0.4, -0.2) is 47.3 Å². The summed E-state index contributed by atoms with van der Waals surface area (Å²) in [5, 5.41) is 0. The van der Waals surface area contributed by atoms with E-state index in [2.05, 4.69) is 39.6 Å². The fraction of sp³-hybridized carbons (Fsp3) is 0.533. The maximum atomic E-state index is 6.05. The van der Waals surface area contributed by atoms with Crippen molar-refractivity contribution in [1.82, 2.24) is 14.5 Å².